The zero-order valence-corrected chi connectivity index (χ0v) is 9.77. The summed E-state index contributed by atoms with van der Waals surface area (Å²) in [6.07, 6.45) is 2.31. The van der Waals surface area contributed by atoms with Gasteiger partial charge >= 0.3 is 0 Å². The topological polar surface area (TPSA) is 60.2 Å². The molecule has 0 bridgehead atoms. The smallest absolute Gasteiger partial charge is 0.142 e. The Labute approximate surface area is 94.0 Å². The van der Waals surface area contributed by atoms with Crippen molar-refractivity contribution < 1.29 is 4.74 Å². The first-order chi connectivity index (χ1) is 7.27. The number of hydrogen-bond donors (Lipinski definition) is 2. The number of aromatic nitrogens is 1. The highest BCUT2D eigenvalue weighted by atomic mass is 32.1. The molecule has 1 fully saturated rings. The first kappa shape index (κ1) is 10.7. The highest BCUT2D eigenvalue weighted by Crippen LogP contribution is 2.26. The van der Waals surface area contributed by atoms with Gasteiger partial charge in [0.05, 0.1) is 0 Å². The van der Waals surface area contributed by atoms with E-state index in [-0.39, 0.29) is 0 Å². The van der Waals surface area contributed by atoms with E-state index >= 15 is 0 Å². The average Bonchev–Trinajstić information content (AvgIpc) is 2.59. The van der Waals surface area contributed by atoms with Gasteiger partial charge in [0.25, 0.3) is 0 Å². The van der Waals surface area contributed by atoms with E-state index in [0.717, 1.165) is 49.1 Å². The Hall–Kier alpha value is -0.810. The molecule has 2 heterocycles. The summed E-state index contributed by atoms with van der Waals surface area (Å²) >= 11 is 1.45. The number of nitrogens with zero attached hydrogens (tertiary/aromatic N) is 1. The number of nitrogen functional groups attached to an aromatic ring is 1. The monoisotopic (exact) mass is 227 g/mol. The Morgan fingerprint density at radius 3 is 2.87 bits per heavy atom. The predicted octanol–water partition coefficient (Wildman–Crippen LogP) is 1.87. The van der Waals surface area contributed by atoms with Gasteiger partial charge in [-0.05, 0) is 37.2 Å². The maximum Gasteiger partial charge on any atom is 0.142 e. The minimum Gasteiger partial charge on any atom is -0.383 e. The fourth-order valence-electron chi connectivity index (χ4n) is 1.70. The van der Waals surface area contributed by atoms with Crippen LogP contribution < -0.4 is 11.1 Å². The van der Waals surface area contributed by atoms with E-state index in [2.05, 4.69) is 9.69 Å². The van der Waals surface area contributed by atoms with Gasteiger partial charge in [-0.3, -0.25) is 0 Å². The van der Waals surface area contributed by atoms with E-state index in [1.54, 1.807) is 0 Å². The van der Waals surface area contributed by atoms with Gasteiger partial charge in [0.15, 0.2) is 0 Å². The molecule has 84 valence electrons. The van der Waals surface area contributed by atoms with Gasteiger partial charge < -0.3 is 15.8 Å². The van der Waals surface area contributed by atoms with Gasteiger partial charge in [0.1, 0.15) is 10.8 Å². The summed E-state index contributed by atoms with van der Waals surface area (Å²) in [6, 6.07) is 0. The predicted molar refractivity (Wildman–Crippen MR) is 63.3 cm³/mol. The second-order valence-electron chi connectivity index (χ2n) is 3.96. The molecule has 0 amide bonds. The molecule has 5 heteroatoms. The van der Waals surface area contributed by atoms with Gasteiger partial charge in [-0.2, -0.15) is 4.37 Å². The van der Waals surface area contributed by atoms with E-state index in [0.29, 0.717) is 5.82 Å². The molecule has 15 heavy (non-hydrogen) atoms. The molecule has 1 aromatic heterocycles. The van der Waals surface area contributed by atoms with Crippen molar-refractivity contribution in [2.24, 2.45) is 5.92 Å². The Kier molecular flexibility index (Phi) is 3.43. The standard InChI is InChI=1S/C10H17N3OS/c1-7-9(11)13-15-10(7)12-6-8-2-4-14-5-3-8/h8,12H,2-6H2,1H3,(H2,11,13). The van der Waals surface area contributed by atoms with Gasteiger partial charge in [-0.25, -0.2) is 0 Å². The quantitative estimate of drug-likeness (QED) is 0.827. The first-order valence-corrected chi connectivity index (χ1v) is 6.08. The van der Waals surface area contributed by atoms with E-state index in [1.165, 1.54) is 11.5 Å². The van der Waals surface area contributed by atoms with Crippen LogP contribution in [0.3, 0.4) is 0 Å². The molecule has 0 aromatic carbocycles. The van der Waals surface area contributed by atoms with Crippen molar-refractivity contribution in [2.75, 3.05) is 30.8 Å². The highest BCUT2D eigenvalue weighted by Gasteiger charge is 2.14. The third-order valence-corrected chi connectivity index (χ3v) is 3.77. The Balaban J connectivity index is 1.84. The van der Waals surface area contributed by atoms with E-state index in [9.17, 15) is 0 Å². The second-order valence-corrected chi connectivity index (χ2v) is 4.73. The number of nitrogens with one attached hydrogen (secondary N) is 1. The molecule has 3 N–H and O–H groups in total. The van der Waals surface area contributed by atoms with Crippen LogP contribution in [0.15, 0.2) is 0 Å². The van der Waals surface area contributed by atoms with Gasteiger partial charge in [-0.1, -0.05) is 0 Å². The van der Waals surface area contributed by atoms with Crippen LogP contribution in [0.2, 0.25) is 0 Å². The van der Waals surface area contributed by atoms with E-state index in [1.807, 2.05) is 6.92 Å². The molecular weight excluding hydrogens is 210 g/mol. The maximum atomic E-state index is 5.69. The molecule has 1 aromatic rings. The van der Waals surface area contributed by atoms with Crippen LogP contribution in [0.25, 0.3) is 0 Å². The number of nitrogens with two attached hydrogens (primary N) is 1. The van der Waals surface area contributed by atoms with E-state index < -0.39 is 0 Å². The molecule has 0 aliphatic carbocycles. The fourth-order valence-corrected chi connectivity index (χ4v) is 2.42. The number of anilines is 2. The van der Waals surface area contributed by atoms with Crippen LogP contribution >= 0.6 is 11.5 Å². The lowest BCUT2D eigenvalue weighted by atomic mass is 10.0. The lowest BCUT2D eigenvalue weighted by Crippen LogP contribution is -2.22. The summed E-state index contributed by atoms with van der Waals surface area (Å²) in [6.45, 7) is 4.81. The van der Waals surface area contributed by atoms with Crippen molar-refractivity contribution in [1.29, 1.82) is 0 Å². The normalized spacial score (nSPS) is 17.9. The largest absolute Gasteiger partial charge is 0.383 e. The van der Waals surface area contributed by atoms with Crippen molar-refractivity contribution in [1.82, 2.24) is 4.37 Å². The minimum absolute atomic E-state index is 0.648. The van der Waals surface area contributed by atoms with Crippen LogP contribution in [0.4, 0.5) is 10.8 Å². The van der Waals surface area contributed by atoms with Crippen molar-refractivity contribution in [2.45, 2.75) is 19.8 Å². The molecule has 2 rings (SSSR count). The third-order valence-electron chi connectivity index (χ3n) is 2.85. The molecule has 1 aliphatic heterocycles. The number of ether oxygens (including phenoxy) is 1. The minimum atomic E-state index is 0.648. The van der Waals surface area contributed by atoms with Gasteiger partial charge in [0.2, 0.25) is 0 Å². The third kappa shape index (κ3) is 2.60. The van der Waals surface area contributed by atoms with Crippen LogP contribution in [0.5, 0.6) is 0 Å². The summed E-state index contributed by atoms with van der Waals surface area (Å²) in [5.41, 5.74) is 6.76. The number of hydrogen-bond acceptors (Lipinski definition) is 5. The fraction of sp³-hybridized carbons (Fsp3) is 0.700. The zero-order valence-electron chi connectivity index (χ0n) is 8.95. The van der Waals surface area contributed by atoms with Crippen LogP contribution in [-0.4, -0.2) is 24.1 Å². The highest BCUT2D eigenvalue weighted by molar-refractivity contribution is 7.10. The Morgan fingerprint density at radius 1 is 1.53 bits per heavy atom. The second kappa shape index (κ2) is 4.81. The van der Waals surface area contributed by atoms with Gasteiger partial charge in [-0.15, -0.1) is 0 Å². The summed E-state index contributed by atoms with van der Waals surface area (Å²) < 4.78 is 9.43. The van der Waals surface area contributed by atoms with E-state index in [4.69, 9.17) is 10.5 Å². The Morgan fingerprint density at radius 2 is 2.27 bits per heavy atom. The lowest BCUT2D eigenvalue weighted by Gasteiger charge is -2.22. The first-order valence-electron chi connectivity index (χ1n) is 5.30. The zero-order chi connectivity index (χ0) is 10.7. The lowest BCUT2D eigenvalue weighted by molar-refractivity contribution is 0.0699. The van der Waals surface area contributed by atoms with Gasteiger partial charge in [0, 0.05) is 25.3 Å². The molecule has 0 unspecified atom stereocenters. The van der Waals surface area contributed by atoms with Crippen LogP contribution in [-0.2, 0) is 4.74 Å². The number of rotatable bonds is 3. The molecule has 1 aliphatic rings. The molecule has 0 radical (unpaired) electrons. The maximum absolute atomic E-state index is 5.69. The SMILES string of the molecule is Cc1c(N)nsc1NCC1CCOCC1. The molecule has 0 saturated carbocycles. The molecule has 4 nitrogen and oxygen atoms in total. The van der Waals surface area contributed by atoms with Crippen LogP contribution in [0, 0.1) is 12.8 Å². The summed E-state index contributed by atoms with van der Waals surface area (Å²) in [4.78, 5) is 0. The summed E-state index contributed by atoms with van der Waals surface area (Å²) in [5, 5.41) is 4.53. The average molecular weight is 227 g/mol. The molecule has 0 atom stereocenters. The van der Waals surface area contributed by atoms with Crippen molar-refractivity contribution in [3.05, 3.63) is 5.56 Å². The molecule has 1 saturated heterocycles. The molecule has 0 spiro atoms. The van der Waals surface area contributed by atoms with Crippen LogP contribution in [0.1, 0.15) is 18.4 Å². The van der Waals surface area contributed by atoms with Crippen molar-refractivity contribution >= 4 is 22.4 Å². The van der Waals surface area contributed by atoms with Crippen molar-refractivity contribution in [3.63, 3.8) is 0 Å². The summed E-state index contributed by atoms with van der Waals surface area (Å²) in [7, 11) is 0. The van der Waals surface area contributed by atoms with Crippen molar-refractivity contribution in [3.8, 4) is 0 Å². The molecular formula is C10H17N3OS. The Bertz CT molecular complexity index is 320. The summed E-state index contributed by atoms with van der Waals surface area (Å²) in [5.74, 6) is 1.37.